The van der Waals surface area contributed by atoms with Gasteiger partial charge < -0.3 is 11.5 Å². The summed E-state index contributed by atoms with van der Waals surface area (Å²) in [5, 5.41) is 3.19. The van der Waals surface area contributed by atoms with Crippen LogP contribution in [0.2, 0.25) is 10.0 Å². The summed E-state index contributed by atoms with van der Waals surface area (Å²) >= 11 is 12.4. The van der Waals surface area contributed by atoms with E-state index in [0.717, 1.165) is 21.9 Å². The minimum absolute atomic E-state index is 0.204. The molecule has 6 heteroatoms. The molecule has 0 aliphatic carbocycles. The van der Waals surface area contributed by atoms with Gasteiger partial charge in [-0.15, -0.1) is 0 Å². The molecular weight excluding hydrogens is 379 g/mol. The predicted octanol–water partition coefficient (Wildman–Crippen LogP) is 5.31. The molecule has 134 valence electrons. The standard InChI is InChI=1S/C21H16Cl2N4/c22-13-8-9-16(18(23)10-13)19-17(11-24)20(25)27-21(26-19)15-7-3-5-12-4-1-2-6-14(12)15/h1-10H,11,24H2,(H2,25,26,27). The number of aromatic nitrogens is 2. The molecule has 4 N–H and O–H groups in total. The van der Waals surface area contributed by atoms with Crippen molar-refractivity contribution in [3.63, 3.8) is 0 Å². The zero-order valence-electron chi connectivity index (χ0n) is 14.3. The number of fused-ring (bicyclic) bond motifs is 1. The molecule has 0 aliphatic rings. The lowest BCUT2D eigenvalue weighted by Gasteiger charge is -2.14. The zero-order valence-corrected chi connectivity index (χ0v) is 15.8. The minimum atomic E-state index is 0.204. The maximum Gasteiger partial charge on any atom is 0.162 e. The quantitative estimate of drug-likeness (QED) is 0.493. The summed E-state index contributed by atoms with van der Waals surface area (Å²) in [6, 6.07) is 19.3. The van der Waals surface area contributed by atoms with Crippen LogP contribution < -0.4 is 11.5 Å². The lowest BCUT2D eigenvalue weighted by molar-refractivity contribution is 1.03. The zero-order chi connectivity index (χ0) is 19.0. The summed E-state index contributed by atoms with van der Waals surface area (Å²) in [7, 11) is 0. The summed E-state index contributed by atoms with van der Waals surface area (Å²) < 4.78 is 0. The fraction of sp³-hybridized carbons (Fsp3) is 0.0476. The van der Waals surface area contributed by atoms with E-state index in [0.29, 0.717) is 32.9 Å². The third-order valence-corrected chi connectivity index (χ3v) is 5.01. The van der Waals surface area contributed by atoms with Crippen molar-refractivity contribution in [2.24, 2.45) is 5.73 Å². The summed E-state index contributed by atoms with van der Waals surface area (Å²) in [4.78, 5) is 9.30. The highest BCUT2D eigenvalue weighted by Crippen LogP contribution is 2.35. The fourth-order valence-electron chi connectivity index (χ4n) is 3.15. The van der Waals surface area contributed by atoms with Crippen LogP contribution >= 0.6 is 23.2 Å². The van der Waals surface area contributed by atoms with Crippen LogP contribution in [0.1, 0.15) is 5.56 Å². The topological polar surface area (TPSA) is 77.8 Å². The van der Waals surface area contributed by atoms with Gasteiger partial charge in [-0.2, -0.15) is 0 Å². The van der Waals surface area contributed by atoms with Crippen LogP contribution in [0.3, 0.4) is 0 Å². The van der Waals surface area contributed by atoms with Gasteiger partial charge in [-0.1, -0.05) is 65.7 Å². The predicted molar refractivity (Wildman–Crippen MR) is 113 cm³/mol. The maximum absolute atomic E-state index is 6.41. The van der Waals surface area contributed by atoms with Crippen molar-refractivity contribution in [2.45, 2.75) is 6.54 Å². The van der Waals surface area contributed by atoms with Crippen LogP contribution in [-0.4, -0.2) is 9.97 Å². The molecule has 1 aromatic heterocycles. The van der Waals surface area contributed by atoms with E-state index in [9.17, 15) is 0 Å². The summed E-state index contributed by atoms with van der Waals surface area (Å²) in [5.74, 6) is 0.874. The lowest BCUT2D eigenvalue weighted by Crippen LogP contribution is -2.09. The smallest absolute Gasteiger partial charge is 0.162 e. The molecule has 0 spiro atoms. The van der Waals surface area contributed by atoms with Crippen LogP contribution in [0.25, 0.3) is 33.4 Å². The number of nitrogens with zero attached hydrogens (tertiary/aromatic N) is 2. The van der Waals surface area contributed by atoms with E-state index in [4.69, 9.17) is 39.7 Å². The second-order valence-corrected chi connectivity index (χ2v) is 6.96. The van der Waals surface area contributed by atoms with Crippen LogP contribution in [0, 0.1) is 0 Å². The van der Waals surface area contributed by atoms with E-state index >= 15 is 0 Å². The number of nitrogens with two attached hydrogens (primary N) is 2. The Kier molecular flexibility index (Phi) is 4.70. The number of anilines is 1. The molecule has 0 saturated heterocycles. The lowest BCUT2D eigenvalue weighted by atomic mass is 10.0. The Balaban J connectivity index is 2.00. The molecule has 0 radical (unpaired) electrons. The molecule has 0 saturated carbocycles. The largest absolute Gasteiger partial charge is 0.383 e. The van der Waals surface area contributed by atoms with Crippen LogP contribution in [0.5, 0.6) is 0 Å². The monoisotopic (exact) mass is 394 g/mol. The molecule has 4 nitrogen and oxygen atoms in total. The van der Waals surface area contributed by atoms with Crippen molar-refractivity contribution in [3.05, 3.63) is 76.3 Å². The van der Waals surface area contributed by atoms with Gasteiger partial charge in [0.2, 0.25) is 0 Å². The van der Waals surface area contributed by atoms with Crippen molar-refractivity contribution in [1.82, 2.24) is 9.97 Å². The first-order valence-electron chi connectivity index (χ1n) is 8.38. The Morgan fingerprint density at radius 1 is 0.852 bits per heavy atom. The molecule has 4 aromatic rings. The number of nitrogen functional groups attached to an aromatic ring is 1. The van der Waals surface area contributed by atoms with Gasteiger partial charge in [0.15, 0.2) is 5.82 Å². The van der Waals surface area contributed by atoms with Crippen molar-refractivity contribution < 1.29 is 0 Å². The summed E-state index contributed by atoms with van der Waals surface area (Å²) in [6.07, 6.45) is 0. The number of rotatable bonds is 3. The van der Waals surface area contributed by atoms with E-state index in [-0.39, 0.29) is 6.54 Å². The fourth-order valence-corrected chi connectivity index (χ4v) is 3.65. The Bertz CT molecular complexity index is 1150. The molecule has 0 amide bonds. The van der Waals surface area contributed by atoms with Gasteiger partial charge in [0.1, 0.15) is 5.82 Å². The van der Waals surface area contributed by atoms with Gasteiger partial charge >= 0.3 is 0 Å². The van der Waals surface area contributed by atoms with Crippen molar-refractivity contribution in [3.8, 4) is 22.6 Å². The SMILES string of the molecule is NCc1c(N)nc(-c2cccc3ccccc23)nc1-c1ccc(Cl)cc1Cl. The third kappa shape index (κ3) is 3.23. The highest BCUT2D eigenvalue weighted by Gasteiger charge is 2.17. The molecule has 27 heavy (non-hydrogen) atoms. The second kappa shape index (κ2) is 7.16. The van der Waals surface area contributed by atoms with Crippen LogP contribution in [0.15, 0.2) is 60.7 Å². The Hall–Kier alpha value is -2.66. The highest BCUT2D eigenvalue weighted by atomic mass is 35.5. The molecule has 0 atom stereocenters. The van der Waals surface area contributed by atoms with E-state index in [1.54, 1.807) is 12.1 Å². The second-order valence-electron chi connectivity index (χ2n) is 6.11. The molecule has 0 bridgehead atoms. The van der Waals surface area contributed by atoms with Gasteiger partial charge in [-0.05, 0) is 29.0 Å². The third-order valence-electron chi connectivity index (χ3n) is 4.46. The number of halogens is 2. The molecule has 0 unspecified atom stereocenters. The number of hydrogen-bond donors (Lipinski definition) is 2. The molecular formula is C21H16Cl2N4. The summed E-state index contributed by atoms with van der Waals surface area (Å²) in [5.41, 5.74) is 15.0. The van der Waals surface area contributed by atoms with E-state index in [2.05, 4.69) is 4.98 Å². The van der Waals surface area contributed by atoms with Gasteiger partial charge in [0, 0.05) is 28.3 Å². The first-order chi connectivity index (χ1) is 13.1. The average Bonchev–Trinajstić information content (AvgIpc) is 2.67. The first kappa shape index (κ1) is 17.7. The first-order valence-corrected chi connectivity index (χ1v) is 9.14. The van der Waals surface area contributed by atoms with Gasteiger partial charge in [-0.3, -0.25) is 0 Å². The van der Waals surface area contributed by atoms with E-state index in [1.165, 1.54) is 0 Å². The number of benzene rings is 3. The maximum atomic E-state index is 6.41. The summed E-state index contributed by atoms with van der Waals surface area (Å²) in [6.45, 7) is 0.204. The van der Waals surface area contributed by atoms with E-state index in [1.807, 2.05) is 48.5 Å². The van der Waals surface area contributed by atoms with Crippen molar-refractivity contribution in [1.29, 1.82) is 0 Å². The van der Waals surface area contributed by atoms with Crippen molar-refractivity contribution in [2.75, 3.05) is 5.73 Å². The average molecular weight is 395 g/mol. The Labute approximate surface area is 166 Å². The Morgan fingerprint density at radius 2 is 1.63 bits per heavy atom. The molecule has 3 aromatic carbocycles. The van der Waals surface area contributed by atoms with Gasteiger partial charge in [0.25, 0.3) is 0 Å². The van der Waals surface area contributed by atoms with Crippen LogP contribution in [-0.2, 0) is 6.54 Å². The van der Waals surface area contributed by atoms with Gasteiger partial charge in [-0.25, -0.2) is 9.97 Å². The molecule has 4 rings (SSSR count). The van der Waals surface area contributed by atoms with Crippen LogP contribution in [0.4, 0.5) is 5.82 Å². The number of hydrogen-bond acceptors (Lipinski definition) is 4. The van der Waals surface area contributed by atoms with Gasteiger partial charge in [0.05, 0.1) is 10.7 Å². The highest BCUT2D eigenvalue weighted by molar-refractivity contribution is 6.36. The van der Waals surface area contributed by atoms with Crippen molar-refractivity contribution >= 4 is 39.8 Å². The normalized spacial score (nSPS) is 11.1. The Morgan fingerprint density at radius 3 is 2.41 bits per heavy atom. The molecule has 1 heterocycles. The molecule has 0 aliphatic heterocycles. The molecule has 0 fully saturated rings. The van der Waals surface area contributed by atoms with E-state index < -0.39 is 0 Å². The minimum Gasteiger partial charge on any atom is -0.383 e.